The summed E-state index contributed by atoms with van der Waals surface area (Å²) in [5.74, 6) is -0.203. The van der Waals surface area contributed by atoms with E-state index in [0.29, 0.717) is 25.2 Å². The number of ether oxygens (including phenoxy) is 3. The molecule has 0 spiro atoms. The predicted molar refractivity (Wildman–Crippen MR) is 79.9 cm³/mol. The molecule has 0 amide bonds. The van der Waals surface area contributed by atoms with Crippen molar-refractivity contribution in [2.75, 3.05) is 20.3 Å². The van der Waals surface area contributed by atoms with E-state index < -0.39 is 5.97 Å². The fourth-order valence-electron chi connectivity index (χ4n) is 2.54. The molecule has 1 aromatic carbocycles. The van der Waals surface area contributed by atoms with Crippen LogP contribution in [0.15, 0.2) is 42.2 Å². The van der Waals surface area contributed by atoms with E-state index in [1.165, 1.54) is 20.1 Å². The summed E-state index contributed by atoms with van der Waals surface area (Å²) in [6.45, 7) is 2.05. The molecule has 1 atom stereocenters. The standard InChI is InChI=1S/C17H20O5/c1-13(18)21-11-17(9-14-6-4-3-5-7-14)10-15(22-12-17)8-16(19)20-2/h3-8H,9-12H2,1-2H3/b15-8-. The minimum Gasteiger partial charge on any atom is -0.497 e. The van der Waals surface area contributed by atoms with Crippen LogP contribution in [0.2, 0.25) is 0 Å². The summed E-state index contributed by atoms with van der Waals surface area (Å²) in [6, 6.07) is 9.94. The van der Waals surface area contributed by atoms with Crippen LogP contribution in [0.1, 0.15) is 18.9 Å². The van der Waals surface area contributed by atoms with E-state index in [-0.39, 0.29) is 18.0 Å². The summed E-state index contributed by atoms with van der Waals surface area (Å²) in [6.07, 6.45) is 2.59. The molecule has 1 aromatic rings. The first kappa shape index (κ1) is 16.1. The predicted octanol–water partition coefficient (Wildman–Crippen LogP) is 2.26. The Kier molecular flexibility index (Phi) is 5.20. The van der Waals surface area contributed by atoms with E-state index in [0.717, 1.165) is 5.56 Å². The smallest absolute Gasteiger partial charge is 0.333 e. The Morgan fingerprint density at radius 2 is 2.05 bits per heavy atom. The number of carbonyl (C=O) groups is 2. The molecule has 0 aromatic heterocycles. The molecule has 1 aliphatic rings. The third-order valence-corrected chi connectivity index (χ3v) is 3.60. The zero-order valence-corrected chi connectivity index (χ0v) is 12.8. The van der Waals surface area contributed by atoms with Crippen LogP contribution in [0.5, 0.6) is 0 Å². The third-order valence-electron chi connectivity index (χ3n) is 3.60. The molecule has 22 heavy (non-hydrogen) atoms. The van der Waals surface area contributed by atoms with Gasteiger partial charge in [-0.15, -0.1) is 0 Å². The molecule has 118 valence electrons. The van der Waals surface area contributed by atoms with Crippen molar-refractivity contribution in [3.8, 4) is 0 Å². The van der Waals surface area contributed by atoms with Gasteiger partial charge in [0.2, 0.25) is 0 Å². The Morgan fingerprint density at radius 1 is 1.32 bits per heavy atom. The summed E-state index contributed by atoms with van der Waals surface area (Å²) in [7, 11) is 1.32. The van der Waals surface area contributed by atoms with Crippen molar-refractivity contribution in [3.63, 3.8) is 0 Å². The second-order valence-corrected chi connectivity index (χ2v) is 5.54. The van der Waals surface area contributed by atoms with Crippen LogP contribution >= 0.6 is 0 Å². The maximum Gasteiger partial charge on any atom is 0.333 e. The number of rotatable bonds is 5. The first-order chi connectivity index (χ1) is 10.5. The first-order valence-corrected chi connectivity index (χ1v) is 7.12. The van der Waals surface area contributed by atoms with Gasteiger partial charge in [0.05, 0.1) is 19.8 Å². The van der Waals surface area contributed by atoms with Gasteiger partial charge >= 0.3 is 11.9 Å². The van der Waals surface area contributed by atoms with Crippen molar-refractivity contribution in [3.05, 3.63) is 47.7 Å². The van der Waals surface area contributed by atoms with E-state index in [9.17, 15) is 9.59 Å². The zero-order valence-electron chi connectivity index (χ0n) is 12.8. The SMILES string of the molecule is COC(=O)/C=C1/CC(COC(C)=O)(Cc2ccccc2)CO1. The van der Waals surface area contributed by atoms with Crippen LogP contribution in [-0.2, 0) is 30.2 Å². The Bertz CT molecular complexity index is 564. The zero-order chi connectivity index (χ0) is 16.0. The normalized spacial score (nSPS) is 22.2. The highest BCUT2D eigenvalue weighted by Crippen LogP contribution is 2.38. The maximum atomic E-state index is 11.3. The number of hydrogen-bond acceptors (Lipinski definition) is 5. The first-order valence-electron chi connectivity index (χ1n) is 7.12. The molecule has 1 aliphatic heterocycles. The van der Waals surface area contributed by atoms with Crippen LogP contribution in [-0.4, -0.2) is 32.3 Å². The Hall–Kier alpha value is -2.30. The Labute approximate surface area is 129 Å². The van der Waals surface area contributed by atoms with Crippen molar-refractivity contribution in [2.24, 2.45) is 5.41 Å². The lowest BCUT2D eigenvalue weighted by molar-refractivity contribution is -0.144. The van der Waals surface area contributed by atoms with Crippen molar-refractivity contribution in [1.29, 1.82) is 0 Å². The molecule has 0 bridgehead atoms. The number of esters is 2. The molecule has 0 aliphatic carbocycles. The van der Waals surface area contributed by atoms with Crippen LogP contribution in [0, 0.1) is 5.41 Å². The molecule has 1 heterocycles. The van der Waals surface area contributed by atoms with E-state index in [1.54, 1.807) is 0 Å². The van der Waals surface area contributed by atoms with E-state index in [4.69, 9.17) is 9.47 Å². The highest BCUT2D eigenvalue weighted by atomic mass is 16.5. The molecule has 5 heteroatoms. The summed E-state index contributed by atoms with van der Waals surface area (Å²) in [4.78, 5) is 22.5. The lowest BCUT2D eigenvalue weighted by Gasteiger charge is -2.25. The quantitative estimate of drug-likeness (QED) is 0.617. The largest absolute Gasteiger partial charge is 0.497 e. The minimum atomic E-state index is -0.446. The van der Waals surface area contributed by atoms with Crippen molar-refractivity contribution in [2.45, 2.75) is 19.8 Å². The van der Waals surface area contributed by atoms with Gasteiger partial charge in [-0.25, -0.2) is 4.79 Å². The average molecular weight is 304 g/mol. The maximum absolute atomic E-state index is 11.3. The number of benzene rings is 1. The molecule has 1 saturated heterocycles. The molecular formula is C17H20O5. The van der Waals surface area contributed by atoms with Crippen LogP contribution < -0.4 is 0 Å². The van der Waals surface area contributed by atoms with Crippen LogP contribution in [0.25, 0.3) is 0 Å². The summed E-state index contributed by atoms with van der Waals surface area (Å²) in [5, 5.41) is 0. The van der Waals surface area contributed by atoms with Gasteiger partial charge in [-0.1, -0.05) is 30.3 Å². The highest BCUT2D eigenvalue weighted by molar-refractivity contribution is 5.82. The topological polar surface area (TPSA) is 61.8 Å². The van der Waals surface area contributed by atoms with Crippen molar-refractivity contribution >= 4 is 11.9 Å². The molecule has 5 nitrogen and oxygen atoms in total. The lowest BCUT2D eigenvalue weighted by atomic mass is 9.81. The van der Waals surface area contributed by atoms with E-state index in [1.807, 2.05) is 30.3 Å². The molecule has 1 fully saturated rings. The van der Waals surface area contributed by atoms with Crippen LogP contribution in [0.4, 0.5) is 0 Å². The molecule has 0 saturated carbocycles. The van der Waals surface area contributed by atoms with Gasteiger partial charge in [-0.05, 0) is 12.0 Å². The number of methoxy groups -OCH3 is 1. The lowest BCUT2D eigenvalue weighted by Crippen LogP contribution is -2.31. The highest BCUT2D eigenvalue weighted by Gasteiger charge is 2.40. The van der Waals surface area contributed by atoms with Gasteiger partial charge in [-0.2, -0.15) is 0 Å². The molecule has 0 N–H and O–H groups in total. The molecular weight excluding hydrogens is 284 g/mol. The number of hydrogen-bond donors (Lipinski definition) is 0. The summed E-state index contributed by atoms with van der Waals surface area (Å²) < 4.78 is 15.4. The van der Waals surface area contributed by atoms with Gasteiger partial charge in [0.25, 0.3) is 0 Å². The van der Waals surface area contributed by atoms with Crippen LogP contribution in [0.3, 0.4) is 0 Å². The second kappa shape index (κ2) is 7.11. The van der Waals surface area contributed by atoms with Gasteiger partial charge in [0.15, 0.2) is 0 Å². The van der Waals surface area contributed by atoms with Crippen molar-refractivity contribution < 1.29 is 23.8 Å². The van der Waals surface area contributed by atoms with Gasteiger partial charge in [-0.3, -0.25) is 4.79 Å². The number of allylic oxidation sites excluding steroid dienone is 1. The third kappa shape index (κ3) is 4.35. The second-order valence-electron chi connectivity index (χ2n) is 5.54. The van der Waals surface area contributed by atoms with E-state index >= 15 is 0 Å². The Balaban J connectivity index is 2.15. The fourth-order valence-corrected chi connectivity index (χ4v) is 2.54. The summed E-state index contributed by atoms with van der Waals surface area (Å²) >= 11 is 0. The molecule has 2 rings (SSSR count). The summed E-state index contributed by atoms with van der Waals surface area (Å²) in [5.41, 5.74) is 0.782. The van der Waals surface area contributed by atoms with Gasteiger partial charge in [0, 0.05) is 18.8 Å². The monoisotopic (exact) mass is 304 g/mol. The minimum absolute atomic E-state index is 0.260. The van der Waals surface area contributed by atoms with E-state index in [2.05, 4.69) is 4.74 Å². The number of carbonyl (C=O) groups excluding carboxylic acids is 2. The molecule has 0 radical (unpaired) electrons. The van der Waals surface area contributed by atoms with Gasteiger partial charge in [0.1, 0.15) is 12.4 Å². The fraction of sp³-hybridized carbons (Fsp3) is 0.412. The Morgan fingerprint density at radius 3 is 2.68 bits per heavy atom. The van der Waals surface area contributed by atoms with Gasteiger partial charge < -0.3 is 14.2 Å². The molecule has 1 unspecified atom stereocenters. The average Bonchev–Trinajstić information content (AvgIpc) is 2.89. The van der Waals surface area contributed by atoms with Crippen molar-refractivity contribution in [1.82, 2.24) is 0 Å².